The molecule has 0 aromatic heterocycles. The van der Waals surface area contributed by atoms with E-state index in [1.807, 2.05) is 12.1 Å². The molecule has 0 heterocycles. The molecule has 25 heavy (non-hydrogen) atoms. The Morgan fingerprint density at radius 2 is 2.12 bits per heavy atom. The summed E-state index contributed by atoms with van der Waals surface area (Å²) in [6.07, 6.45) is 8.66. The van der Waals surface area contributed by atoms with Crippen LogP contribution in [0.5, 0.6) is 0 Å². The topological polar surface area (TPSA) is 67.5 Å². The van der Waals surface area contributed by atoms with Gasteiger partial charge in [-0.25, -0.2) is 0 Å². The lowest BCUT2D eigenvalue weighted by molar-refractivity contribution is -0.384. The van der Waals surface area contributed by atoms with Crippen molar-refractivity contribution in [2.45, 2.75) is 39.5 Å². The minimum absolute atomic E-state index is 0.146. The standard InChI is InChI=1S/C20H29N3O2/c1-3-17(15-22-19-6-4-5-16(2)13-19)14-21-12-11-18-7-9-20(10-8-18)23(24)25/h4,6-10,16-17,21H,3,5,11-15H2,1-2H3/t16-,17-/m0/s1. The number of benzene rings is 1. The normalized spacial score (nSPS) is 19.9. The van der Waals surface area contributed by atoms with Crippen molar-refractivity contribution in [1.29, 1.82) is 0 Å². The van der Waals surface area contributed by atoms with Gasteiger partial charge in [0.2, 0.25) is 0 Å². The number of nitrogens with one attached hydrogen (secondary N) is 1. The molecule has 0 amide bonds. The van der Waals surface area contributed by atoms with E-state index in [0.717, 1.165) is 44.5 Å². The fourth-order valence-corrected chi connectivity index (χ4v) is 2.97. The van der Waals surface area contributed by atoms with E-state index in [1.54, 1.807) is 12.1 Å². The quantitative estimate of drug-likeness (QED) is 0.415. The Morgan fingerprint density at radius 1 is 1.36 bits per heavy atom. The van der Waals surface area contributed by atoms with Crippen LogP contribution in [0.15, 0.2) is 41.4 Å². The maximum absolute atomic E-state index is 10.7. The zero-order valence-corrected chi connectivity index (χ0v) is 15.3. The molecule has 5 nitrogen and oxygen atoms in total. The molecule has 0 spiro atoms. The molecule has 0 fully saturated rings. The van der Waals surface area contributed by atoms with Crippen molar-refractivity contribution in [2.75, 3.05) is 19.6 Å². The summed E-state index contributed by atoms with van der Waals surface area (Å²) in [5.41, 5.74) is 2.50. The molecule has 0 unspecified atom stereocenters. The lowest BCUT2D eigenvalue weighted by Crippen LogP contribution is -2.26. The second-order valence-corrected chi connectivity index (χ2v) is 6.93. The number of non-ortho nitro benzene ring substituents is 1. The number of nitro benzene ring substituents is 1. The summed E-state index contributed by atoms with van der Waals surface area (Å²) in [6, 6.07) is 6.80. The molecule has 1 aromatic carbocycles. The highest BCUT2D eigenvalue weighted by atomic mass is 16.6. The molecule has 0 radical (unpaired) electrons. The van der Waals surface area contributed by atoms with Gasteiger partial charge in [-0.1, -0.05) is 38.5 Å². The third-order valence-corrected chi connectivity index (χ3v) is 4.71. The van der Waals surface area contributed by atoms with Crippen molar-refractivity contribution >= 4 is 11.4 Å². The van der Waals surface area contributed by atoms with Gasteiger partial charge in [0, 0.05) is 24.4 Å². The average molecular weight is 343 g/mol. The molecule has 0 aliphatic heterocycles. The van der Waals surface area contributed by atoms with E-state index in [-0.39, 0.29) is 10.6 Å². The molecular formula is C20H29N3O2. The van der Waals surface area contributed by atoms with Gasteiger partial charge >= 0.3 is 0 Å². The van der Waals surface area contributed by atoms with Crippen molar-refractivity contribution in [3.05, 3.63) is 52.1 Å². The average Bonchev–Trinajstić information content (AvgIpc) is 2.61. The van der Waals surface area contributed by atoms with Gasteiger partial charge in [0.15, 0.2) is 0 Å². The Bertz CT molecular complexity index is 608. The minimum atomic E-state index is -0.363. The monoisotopic (exact) mass is 343 g/mol. The van der Waals surface area contributed by atoms with Gasteiger partial charge < -0.3 is 5.32 Å². The lowest BCUT2D eigenvalue weighted by atomic mass is 9.95. The molecule has 1 aromatic rings. The van der Waals surface area contributed by atoms with Gasteiger partial charge in [0.05, 0.1) is 4.92 Å². The SMILES string of the molecule is CC[C@H](CN=C1C=CC[C@H](C)C1)CNCCc1ccc([N+](=O)[O-])cc1. The fourth-order valence-electron chi connectivity index (χ4n) is 2.97. The van der Waals surface area contributed by atoms with Gasteiger partial charge in [0.1, 0.15) is 0 Å². The summed E-state index contributed by atoms with van der Waals surface area (Å²) in [7, 11) is 0. The van der Waals surface area contributed by atoms with Crippen LogP contribution in [0.25, 0.3) is 0 Å². The van der Waals surface area contributed by atoms with Gasteiger partial charge in [-0.05, 0) is 55.8 Å². The van der Waals surface area contributed by atoms with E-state index in [1.165, 1.54) is 12.1 Å². The number of nitrogens with zero attached hydrogens (tertiary/aromatic N) is 2. The Labute approximate surface area is 150 Å². The first-order chi connectivity index (χ1) is 12.1. The van der Waals surface area contributed by atoms with Gasteiger partial charge in [-0.3, -0.25) is 15.1 Å². The smallest absolute Gasteiger partial charge is 0.269 e. The summed E-state index contributed by atoms with van der Waals surface area (Å²) in [4.78, 5) is 15.1. The molecule has 136 valence electrons. The van der Waals surface area contributed by atoms with Crippen LogP contribution >= 0.6 is 0 Å². The van der Waals surface area contributed by atoms with Crippen molar-refractivity contribution < 1.29 is 4.92 Å². The third kappa shape index (κ3) is 6.78. The first kappa shape index (κ1) is 19.3. The van der Waals surface area contributed by atoms with E-state index in [2.05, 4.69) is 31.3 Å². The Morgan fingerprint density at radius 3 is 2.76 bits per heavy atom. The number of aliphatic imine (C=N–C) groups is 1. The fraction of sp³-hybridized carbons (Fsp3) is 0.550. The van der Waals surface area contributed by atoms with Crippen LogP contribution in [0.3, 0.4) is 0 Å². The van der Waals surface area contributed by atoms with Crippen molar-refractivity contribution in [3.63, 3.8) is 0 Å². The van der Waals surface area contributed by atoms with E-state index in [4.69, 9.17) is 4.99 Å². The Hall–Kier alpha value is -2.01. The highest BCUT2D eigenvalue weighted by molar-refractivity contribution is 5.95. The molecule has 0 saturated carbocycles. The highest BCUT2D eigenvalue weighted by Crippen LogP contribution is 2.16. The predicted octanol–water partition coefficient (Wildman–Crippen LogP) is 4.18. The molecule has 0 bridgehead atoms. The molecule has 1 aliphatic rings. The number of hydrogen-bond donors (Lipinski definition) is 1. The summed E-state index contributed by atoms with van der Waals surface area (Å²) >= 11 is 0. The van der Waals surface area contributed by atoms with E-state index in [9.17, 15) is 10.1 Å². The first-order valence-corrected chi connectivity index (χ1v) is 9.22. The Balaban J connectivity index is 1.70. The molecule has 5 heteroatoms. The summed E-state index contributed by atoms with van der Waals surface area (Å²) in [6.45, 7) is 7.20. The molecule has 2 rings (SSSR count). The lowest BCUT2D eigenvalue weighted by Gasteiger charge is -2.17. The van der Waals surface area contributed by atoms with E-state index < -0.39 is 0 Å². The van der Waals surface area contributed by atoms with Gasteiger partial charge in [-0.2, -0.15) is 0 Å². The second kappa shape index (κ2) is 10.1. The predicted molar refractivity (Wildman–Crippen MR) is 103 cm³/mol. The van der Waals surface area contributed by atoms with Crippen LogP contribution in [-0.2, 0) is 6.42 Å². The molecule has 1 aliphatic carbocycles. The zero-order chi connectivity index (χ0) is 18.1. The van der Waals surface area contributed by atoms with Gasteiger partial charge in [-0.15, -0.1) is 0 Å². The largest absolute Gasteiger partial charge is 0.316 e. The van der Waals surface area contributed by atoms with Crippen LogP contribution in [0.1, 0.15) is 38.7 Å². The van der Waals surface area contributed by atoms with Crippen LogP contribution in [0, 0.1) is 22.0 Å². The number of nitro groups is 1. The van der Waals surface area contributed by atoms with Gasteiger partial charge in [0.25, 0.3) is 5.69 Å². The van der Waals surface area contributed by atoms with Crippen LogP contribution in [-0.4, -0.2) is 30.3 Å². The third-order valence-electron chi connectivity index (χ3n) is 4.71. The summed E-state index contributed by atoms with van der Waals surface area (Å²) < 4.78 is 0. The van der Waals surface area contributed by atoms with Crippen molar-refractivity contribution in [2.24, 2.45) is 16.8 Å². The summed E-state index contributed by atoms with van der Waals surface area (Å²) in [5, 5.41) is 14.2. The molecule has 2 atom stereocenters. The second-order valence-electron chi connectivity index (χ2n) is 6.93. The molecule has 0 saturated heterocycles. The van der Waals surface area contributed by atoms with Crippen LogP contribution in [0.4, 0.5) is 5.69 Å². The Kier molecular flexibility index (Phi) is 7.79. The number of allylic oxidation sites excluding steroid dienone is 2. The van der Waals surface area contributed by atoms with Crippen molar-refractivity contribution in [1.82, 2.24) is 5.32 Å². The van der Waals surface area contributed by atoms with Crippen LogP contribution in [0.2, 0.25) is 0 Å². The molecule has 1 N–H and O–H groups in total. The maximum Gasteiger partial charge on any atom is 0.269 e. The summed E-state index contributed by atoms with van der Waals surface area (Å²) in [5.74, 6) is 1.26. The number of rotatable bonds is 9. The molecular weight excluding hydrogens is 314 g/mol. The van der Waals surface area contributed by atoms with Crippen LogP contribution < -0.4 is 5.32 Å². The van der Waals surface area contributed by atoms with E-state index >= 15 is 0 Å². The number of hydrogen-bond acceptors (Lipinski definition) is 4. The van der Waals surface area contributed by atoms with E-state index in [0.29, 0.717) is 11.8 Å². The highest BCUT2D eigenvalue weighted by Gasteiger charge is 2.10. The van der Waals surface area contributed by atoms with Crippen molar-refractivity contribution in [3.8, 4) is 0 Å². The first-order valence-electron chi connectivity index (χ1n) is 9.22. The minimum Gasteiger partial charge on any atom is -0.316 e. The maximum atomic E-state index is 10.7. The zero-order valence-electron chi connectivity index (χ0n) is 15.3.